The summed E-state index contributed by atoms with van der Waals surface area (Å²) in [6.07, 6.45) is 0.910. The smallest absolute Gasteiger partial charge is 0.167 e. The van der Waals surface area contributed by atoms with Gasteiger partial charge in [-0.2, -0.15) is 4.80 Å². The van der Waals surface area contributed by atoms with Crippen LogP contribution in [0.1, 0.15) is 0 Å². The fourth-order valence-corrected chi connectivity index (χ4v) is 2.42. The summed E-state index contributed by atoms with van der Waals surface area (Å²) in [7, 11) is -1.19. The van der Waals surface area contributed by atoms with Gasteiger partial charge in [-0.25, -0.2) is 0 Å². The normalized spacial score (nSPS) is 11.7. The predicted octanol–water partition coefficient (Wildman–Crippen LogP) is 2.22. The third-order valence-electron chi connectivity index (χ3n) is 2.10. The van der Waals surface area contributed by atoms with Crippen molar-refractivity contribution >= 4 is 8.07 Å². The second kappa shape index (κ2) is 4.17. The van der Waals surface area contributed by atoms with Gasteiger partial charge in [0.15, 0.2) is 0 Å². The Morgan fingerprint density at radius 2 is 1.81 bits per heavy atom. The molecule has 2 rings (SSSR count). The number of hydrogen-bond donors (Lipinski definition) is 0. The van der Waals surface area contributed by atoms with Crippen molar-refractivity contribution in [2.75, 3.05) is 0 Å². The molecular formula is C11H16N4Si. The van der Waals surface area contributed by atoms with Gasteiger partial charge >= 0.3 is 0 Å². The number of tetrazole rings is 1. The third-order valence-corrected chi connectivity index (χ3v) is 3.33. The molecule has 0 fully saturated rings. The summed E-state index contributed by atoms with van der Waals surface area (Å²) in [6, 6.07) is 9.94. The van der Waals surface area contributed by atoms with Crippen LogP contribution in [0.15, 0.2) is 30.3 Å². The summed E-state index contributed by atoms with van der Waals surface area (Å²) < 4.78 is 0. The molecule has 2 aromatic rings. The van der Waals surface area contributed by atoms with Crippen molar-refractivity contribution in [3.63, 3.8) is 0 Å². The maximum absolute atomic E-state index is 4.40. The molecule has 1 aromatic carbocycles. The second-order valence-corrected chi connectivity index (χ2v) is 10.5. The largest absolute Gasteiger partial charge is 0.204 e. The van der Waals surface area contributed by atoms with E-state index in [2.05, 4.69) is 35.1 Å². The molecule has 0 aliphatic carbocycles. The van der Waals surface area contributed by atoms with E-state index in [1.165, 1.54) is 0 Å². The van der Waals surface area contributed by atoms with Crippen LogP contribution in [0.5, 0.6) is 0 Å². The van der Waals surface area contributed by atoms with Crippen molar-refractivity contribution in [3.8, 4) is 11.4 Å². The van der Waals surface area contributed by atoms with Crippen LogP contribution in [0.2, 0.25) is 19.6 Å². The Kier molecular flexibility index (Phi) is 2.87. The van der Waals surface area contributed by atoms with Crippen LogP contribution < -0.4 is 0 Å². The lowest BCUT2D eigenvalue weighted by atomic mass is 10.2. The van der Waals surface area contributed by atoms with Crippen LogP contribution in [-0.4, -0.2) is 28.3 Å². The van der Waals surface area contributed by atoms with Crippen molar-refractivity contribution in [3.05, 3.63) is 30.3 Å². The molecule has 5 heteroatoms. The van der Waals surface area contributed by atoms with Gasteiger partial charge in [0.2, 0.25) is 5.82 Å². The molecule has 0 aliphatic heterocycles. The molecule has 0 aliphatic rings. The maximum Gasteiger partial charge on any atom is 0.204 e. The third kappa shape index (κ3) is 2.76. The van der Waals surface area contributed by atoms with E-state index in [-0.39, 0.29) is 0 Å². The van der Waals surface area contributed by atoms with Crippen LogP contribution >= 0.6 is 0 Å². The lowest BCUT2D eigenvalue weighted by molar-refractivity contribution is 0.600. The first-order valence-corrected chi connectivity index (χ1v) is 9.08. The zero-order valence-electron chi connectivity index (χ0n) is 9.88. The Hall–Kier alpha value is -1.49. The fraction of sp³-hybridized carbons (Fsp3) is 0.364. The van der Waals surface area contributed by atoms with Gasteiger partial charge in [-0.3, -0.25) is 0 Å². The van der Waals surface area contributed by atoms with Gasteiger partial charge in [-0.15, -0.1) is 10.2 Å². The second-order valence-electron chi connectivity index (χ2n) is 5.07. The minimum atomic E-state index is -1.19. The van der Waals surface area contributed by atoms with E-state index in [4.69, 9.17) is 0 Å². The van der Waals surface area contributed by atoms with Gasteiger partial charge in [0.25, 0.3) is 0 Å². The first kappa shape index (κ1) is 11.0. The van der Waals surface area contributed by atoms with E-state index in [0.29, 0.717) is 5.82 Å². The zero-order valence-corrected chi connectivity index (χ0v) is 10.9. The zero-order chi connectivity index (χ0) is 11.6. The molecule has 0 bridgehead atoms. The molecule has 0 N–H and O–H groups in total. The molecule has 0 saturated carbocycles. The molecule has 0 saturated heterocycles. The average molecular weight is 232 g/mol. The summed E-state index contributed by atoms with van der Waals surface area (Å²) in [5, 5.41) is 12.6. The Morgan fingerprint density at radius 1 is 1.12 bits per heavy atom. The van der Waals surface area contributed by atoms with E-state index in [1.807, 2.05) is 30.3 Å². The van der Waals surface area contributed by atoms with Crippen LogP contribution in [-0.2, 0) is 6.17 Å². The predicted molar refractivity (Wildman–Crippen MR) is 66.6 cm³/mol. The quantitative estimate of drug-likeness (QED) is 0.762. The molecule has 16 heavy (non-hydrogen) atoms. The monoisotopic (exact) mass is 232 g/mol. The topological polar surface area (TPSA) is 43.6 Å². The average Bonchev–Trinajstić information content (AvgIpc) is 2.65. The van der Waals surface area contributed by atoms with Crippen LogP contribution in [0, 0.1) is 0 Å². The number of benzene rings is 1. The molecule has 0 atom stereocenters. The highest BCUT2D eigenvalue weighted by Crippen LogP contribution is 2.12. The molecule has 84 valence electrons. The van der Waals surface area contributed by atoms with E-state index in [0.717, 1.165) is 11.7 Å². The van der Waals surface area contributed by atoms with Gasteiger partial charge in [0.1, 0.15) is 0 Å². The van der Waals surface area contributed by atoms with E-state index >= 15 is 0 Å². The maximum atomic E-state index is 4.40. The number of hydrogen-bond acceptors (Lipinski definition) is 3. The first-order valence-electron chi connectivity index (χ1n) is 5.38. The molecule has 0 spiro atoms. The Morgan fingerprint density at radius 3 is 2.44 bits per heavy atom. The molecular weight excluding hydrogens is 216 g/mol. The van der Waals surface area contributed by atoms with Gasteiger partial charge in [0.05, 0.1) is 14.2 Å². The number of nitrogens with zero attached hydrogens (tertiary/aromatic N) is 4. The van der Waals surface area contributed by atoms with Gasteiger partial charge in [-0.1, -0.05) is 50.0 Å². The molecule has 1 heterocycles. The SMILES string of the molecule is C[Si](C)(C)Cn1nnc(-c2ccccc2)n1. The van der Waals surface area contributed by atoms with Gasteiger partial charge < -0.3 is 0 Å². The molecule has 1 aromatic heterocycles. The van der Waals surface area contributed by atoms with Crippen LogP contribution in [0.25, 0.3) is 11.4 Å². The first-order chi connectivity index (χ1) is 7.54. The molecule has 0 unspecified atom stereocenters. The summed E-state index contributed by atoms with van der Waals surface area (Å²) in [6.45, 7) is 6.87. The summed E-state index contributed by atoms with van der Waals surface area (Å²) >= 11 is 0. The Bertz CT molecular complexity index is 458. The van der Waals surface area contributed by atoms with Crippen molar-refractivity contribution in [1.82, 2.24) is 20.2 Å². The minimum absolute atomic E-state index is 0.707. The van der Waals surface area contributed by atoms with Crippen molar-refractivity contribution in [2.45, 2.75) is 25.8 Å². The molecule has 4 nitrogen and oxygen atoms in total. The van der Waals surface area contributed by atoms with Crippen LogP contribution in [0.3, 0.4) is 0 Å². The number of aromatic nitrogens is 4. The van der Waals surface area contributed by atoms with Crippen molar-refractivity contribution < 1.29 is 0 Å². The van der Waals surface area contributed by atoms with E-state index < -0.39 is 8.07 Å². The fourth-order valence-electron chi connectivity index (χ4n) is 1.44. The van der Waals surface area contributed by atoms with Gasteiger partial charge in [0, 0.05) is 5.56 Å². The highest BCUT2D eigenvalue weighted by Gasteiger charge is 2.16. The summed E-state index contributed by atoms with van der Waals surface area (Å²) in [5.74, 6) is 0.707. The lowest BCUT2D eigenvalue weighted by Gasteiger charge is -2.12. The minimum Gasteiger partial charge on any atom is -0.167 e. The van der Waals surface area contributed by atoms with Crippen LogP contribution in [0.4, 0.5) is 0 Å². The summed E-state index contributed by atoms with van der Waals surface area (Å²) in [5.41, 5.74) is 1.02. The number of rotatable bonds is 3. The molecule has 0 amide bonds. The molecule has 0 radical (unpaired) electrons. The highest BCUT2D eigenvalue weighted by molar-refractivity contribution is 6.74. The summed E-state index contributed by atoms with van der Waals surface area (Å²) in [4.78, 5) is 1.72. The highest BCUT2D eigenvalue weighted by atomic mass is 28.3. The van der Waals surface area contributed by atoms with Gasteiger partial charge in [-0.05, 0) is 5.21 Å². The van der Waals surface area contributed by atoms with Crippen molar-refractivity contribution in [2.24, 2.45) is 0 Å². The van der Waals surface area contributed by atoms with Crippen molar-refractivity contribution in [1.29, 1.82) is 0 Å². The van der Waals surface area contributed by atoms with E-state index in [1.54, 1.807) is 4.80 Å². The Labute approximate surface area is 96.3 Å². The Balaban J connectivity index is 2.21. The van der Waals surface area contributed by atoms with E-state index in [9.17, 15) is 0 Å². The standard InChI is InChI=1S/C11H16N4Si/c1-16(2,3)9-15-13-11(12-14-15)10-7-5-4-6-8-10/h4-8H,9H2,1-3H3. The lowest BCUT2D eigenvalue weighted by Crippen LogP contribution is -2.29.